The number of rotatable bonds is 9. The molecule has 0 radical (unpaired) electrons. The molecule has 1 fully saturated rings. The molecule has 1 aliphatic carbocycles. The van der Waals surface area contributed by atoms with Gasteiger partial charge in [-0.05, 0) is 78.6 Å². The smallest absolute Gasteiger partial charge is 0.322 e. The largest absolute Gasteiger partial charge is 0.454 e. The van der Waals surface area contributed by atoms with Crippen molar-refractivity contribution in [2.24, 2.45) is 5.92 Å². The number of nitrogens with one attached hydrogen (secondary N) is 1. The third-order valence-electron chi connectivity index (χ3n) is 6.33. The number of anilines is 1. The van der Waals surface area contributed by atoms with Crippen LogP contribution >= 0.6 is 22.9 Å². The van der Waals surface area contributed by atoms with Gasteiger partial charge in [-0.2, -0.15) is 0 Å². The summed E-state index contributed by atoms with van der Waals surface area (Å²) in [6, 6.07) is 14.5. The van der Waals surface area contributed by atoms with E-state index in [2.05, 4.69) is 11.4 Å². The number of nitrogens with zero attached hydrogens (tertiary/aromatic N) is 2. The van der Waals surface area contributed by atoms with E-state index in [1.165, 1.54) is 0 Å². The number of amides is 3. The van der Waals surface area contributed by atoms with Gasteiger partial charge in [-0.25, -0.2) is 4.79 Å². The summed E-state index contributed by atoms with van der Waals surface area (Å²) in [5, 5.41) is 5.47. The van der Waals surface area contributed by atoms with Gasteiger partial charge < -0.3 is 24.6 Å². The van der Waals surface area contributed by atoms with Crippen LogP contribution in [0.1, 0.15) is 28.8 Å². The Hall–Kier alpha value is -3.23. The number of carbonyl (C=O) groups is 2. The lowest BCUT2D eigenvalue weighted by molar-refractivity contribution is -0.133. The first-order chi connectivity index (χ1) is 17.4. The monoisotopic (exact) mass is 525 g/mol. The molecule has 1 aromatic heterocycles. The molecule has 1 aliphatic heterocycles. The van der Waals surface area contributed by atoms with Crippen LogP contribution < -0.4 is 14.8 Å². The van der Waals surface area contributed by atoms with E-state index >= 15 is 0 Å². The normalized spacial score (nSPS) is 13.9. The Balaban J connectivity index is 1.33. The Morgan fingerprint density at radius 3 is 2.64 bits per heavy atom. The highest BCUT2D eigenvalue weighted by Crippen LogP contribution is 2.33. The molecule has 36 heavy (non-hydrogen) atoms. The lowest BCUT2D eigenvalue weighted by Gasteiger charge is -2.28. The first-order valence-corrected chi connectivity index (χ1v) is 13.2. The average molecular weight is 526 g/mol. The molecule has 5 rings (SSSR count). The Morgan fingerprint density at radius 1 is 1.06 bits per heavy atom. The molecule has 1 N–H and O–H groups in total. The molecular formula is C27H28ClN3O4S. The van der Waals surface area contributed by atoms with Crippen LogP contribution in [0.15, 0.2) is 53.9 Å². The second-order valence-electron chi connectivity index (χ2n) is 9.23. The maximum atomic E-state index is 13.7. The van der Waals surface area contributed by atoms with Crippen molar-refractivity contribution in [3.05, 3.63) is 74.9 Å². The van der Waals surface area contributed by atoms with E-state index in [-0.39, 0.29) is 25.3 Å². The molecule has 0 atom stereocenters. The van der Waals surface area contributed by atoms with Gasteiger partial charge in [0, 0.05) is 28.7 Å². The number of thiophene rings is 1. The molecule has 188 valence electrons. The fourth-order valence-electron chi connectivity index (χ4n) is 4.09. The Labute approximate surface area is 219 Å². The fourth-order valence-corrected chi connectivity index (χ4v) is 5.21. The van der Waals surface area contributed by atoms with Crippen LogP contribution in [-0.4, -0.2) is 41.6 Å². The lowest BCUT2D eigenvalue weighted by atomic mass is 10.1. The first-order valence-electron chi connectivity index (χ1n) is 12.0. The van der Waals surface area contributed by atoms with E-state index in [0.29, 0.717) is 47.8 Å². The third-order valence-corrected chi connectivity index (χ3v) is 7.57. The number of fused-ring (bicyclic) bond motifs is 1. The summed E-state index contributed by atoms with van der Waals surface area (Å²) >= 11 is 7.71. The van der Waals surface area contributed by atoms with Gasteiger partial charge >= 0.3 is 6.03 Å². The highest BCUT2D eigenvalue weighted by molar-refractivity contribution is 7.10. The predicted molar refractivity (Wildman–Crippen MR) is 141 cm³/mol. The van der Waals surface area contributed by atoms with Crippen LogP contribution in [0, 0.1) is 12.8 Å². The second kappa shape index (κ2) is 10.8. The molecule has 0 saturated heterocycles. The van der Waals surface area contributed by atoms with Crippen LogP contribution in [-0.2, 0) is 17.9 Å². The standard InChI is InChI=1S/C27H28ClN3O4S/c1-18-9-10-36-25(18)15-30(14-20-7-8-23-24(11-20)35-17-34-23)26(32)16-31(13-19-5-6-19)27(33)29-22-4-2-3-21(28)12-22/h2-4,7-12,19H,5-6,13-17H2,1H3,(H,29,33). The zero-order valence-electron chi connectivity index (χ0n) is 20.0. The number of hydrogen-bond acceptors (Lipinski definition) is 5. The number of urea groups is 1. The van der Waals surface area contributed by atoms with Crippen LogP contribution in [0.2, 0.25) is 5.02 Å². The maximum Gasteiger partial charge on any atom is 0.322 e. The molecule has 1 saturated carbocycles. The number of aryl methyl sites for hydroxylation is 1. The van der Waals surface area contributed by atoms with Gasteiger partial charge in [0.2, 0.25) is 12.7 Å². The summed E-state index contributed by atoms with van der Waals surface area (Å²) in [6.07, 6.45) is 2.15. The molecule has 0 spiro atoms. The number of benzene rings is 2. The van der Waals surface area contributed by atoms with Gasteiger partial charge in [-0.1, -0.05) is 23.7 Å². The van der Waals surface area contributed by atoms with Crippen LogP contribution in [0.3, 0.4) is 0 Å². The van der Waals surface area contributed by atoms with Crippen molar-refractivity contribution in [1.82, 2.24) is 9.80 Å². The van der Waals surface area contributed by atoms with Crippen molar-refractivity contribution < 1.29 is 19.1 Å². The Bertz CT molecular complexity index is 1260. The Morgan fingerprint density at radius 2 is 1.89 bits per heavy atom. The minimum atomic E-state index is -0.298. The van der Waals surface area contributed by atoms with Crippen LogP contribution in [0.5, 0.6) is 11.5 Å². The van der Waals surface area contributed by atoms with Gasteiger partial charge in [-0.15, -0.1) is 11.3 Å². The maximum absolute atomic E-state index is 13.7. The first kappa shape index (κ1) is 24.5. The molecule has 0 unspecified atom stereocenters. The van der Waals surface area contributed by atoms with Gasteiger partial charge in [-0.3, -0.25) is 4.79 Å². The molecule has 2 aromatic carbocycles. The quantitative estimate of drug-likeness (QED) is 0.377. The molecule has 2 aliphatic rings. The zero-order valence-corrected chi connectivity index (χ0v) is 21.6. The van der Waals surface area contributed by atoms with Crippen molar-refractivity contribution >= 4 is 40.6 Å². The lowest BCUT2D eigenvalue weighted by Crippen LogP contribution is -2.45. The highest BCUT2D eigenvalue weighted by Gasteiger charge is 2.30. The molecular weight excluding hydrogens is 498 g/mol. The molecule has 3 amide bonds. The number of carbonyl (C=O) groups excluding carboxylic acids is 2. The highest BCUT2D eigenvalue weighted by atomic mass is 35.5. The minimum absolute atomic E-state index is 0.00211. The van der Waals surface area contributed by atoms with Crippen molar-refractivity contribution in [3.8, 4) is 11.5 Å². The van der Waals surface area contributed by atoms with Crippen molar-refractivity contribution in [3.63, 3.8) is 0 Å². The minimum Gasteiger partial charge on any atom is -0.454 e. The predicted octanol–water partition coefficient (Wildman–Crippen LogP) is 5.91. The van der Waals surface area contributed by atoms with E-state index in [1.54, 1.807) is 40.5 Å². The molecule has 3 aromatic rings. The van der Waals surface area contributed by atoms with Gasteiger partial charge in [0.15, 0.2) is 11.5 Å². The van der Waals surface area contributed by atoms with E-state index in [4.69, 9.17) is 21.1 Å². The summed E-state index contributed by atoms with van der Waals surface area (Å²) in [5.41, 5.74) is 2.70. The van der Waals surface area contributed by atoms with E-state index in [1.807, 2.05) is 35.4 Å². The van der Waals surface area contributed by atoms with E-state index in [9.17, 15) is 9.59 Å². The summed E-state index contributed by atoms with van der Waals surface area (Å²) in [5.74, 6) is 1.72. The van der Waals surface area contributed by atoms with E-state index in [0.717, 1.165) is 28.8 Å². The summed E-state index contributed by atoms with van der Waals surface area (Å²) < 4.78 is 10.9. The van der Waals surface area contributed by atoms with Crippen molar-refractivity contribution in [2.75, 3.05) is 25.2 Å². The van der Waals surface area contributed by atoms with Crippen LogP contribution in [0.4, 0.5) is 10.5 Å². The average Bonchev–Trinajstić information content (AvgIpc) is 3.39. The molecule has 2 heterocycles. The Kier molecular flexibility index (Phi) is 7.34. The van der Waals surface area contributed by atoms with Crippen molar-refractivity contribution in [1.29, 1.82) is 0 Å². The van der Waals surface area contributed by atoms with E-state index < -0.39 is 0 Å². The van der Waals surface area contributed by atoms with Gasteiger partial charge in [0.1, 0.15) is 6.54 Å². The number of halogens is 1. The second-order valence-corrected chi connectivity index (χ2v) is 10.7. The zero-order chi connectivity index (χ0) is 25.1. The number of hydrogen-bond donors (Lipinski definition) is 1. The number of ether oxygens (including phenoxy) is 2. The topological polar surface area (TPSA) is 71.1 Å². The molecule has 0 bridgehead atoms. The molecule has 7 nitrogen and oxygen atoms in total. The fraction of sp³-hybridized carbons (Fsp3) is 0.333. The third kappa shape index (κ3) is 6.12. The van der Waals surface area contributed by atoms with Gasteiger partial charge in [0.25, 0.3) is 0 Å². The van der Waals surface area contributed by atoms with Crippen molar-refractivity contribution in [2.45, 2.75) is 32.9 Å². The SMILES string of the molecule is Cc1ccsc1CN(Cc1ccc2c(c1)OCO2)C(=O)CN(CC1CC1)C(=O)Nc1cccc(Cl)c1. The molecule has 9 heteroatoms. The van der Waals surface area contributed by atoms with Gasteiger partial charge in [0.05, 0.1) is 6.54 Å². The summed E-state index contributed by atoms with van der Waals surface area (Å²) in [4.78, 5) is 31.4. The summed E-state index contributed by atoms with van der Waals surface area (Å²) in [6.45, 7) is 3.68. The summed E-state index contributed by atoms with van der Waals surface area (Å²) in [7, 11) is 0. The van der Waals surface area contributed by atoms with Crippen LogP contribution in [0.25, 0.3) is 0 Å².